The van der Waals surface area contributed by atoms with Crippen molar-refractivity contribution in [1.29, 1.82) is 0 Å². The Bertz CT molecular complexity index is 338. The number of benzene rings is 1. The highest BCUT2D eigenvalue weighted by atomic mass is 79.9. The van der Waals surface area contributed by atoms with E-state index in [-0.39, 0.29) is 0 Å². The molecule has 1 aromatic rings. The molecule has 12 heavy (non-hydrogen) atoms. The summed E-state index contributed by atoms with van der Waals surface area (Å²) in [7, 11) is 0. The van der Waals surface area contributed by atoms with Crippen molar-refractivity contribution in [3.63, 3.8) is 0 Å². The molecule has 3 heteroatoms. The van der Waals surface area contributed by atoms with Gasteiger partial charge in [0.15, 0.2) is 0 Å². The molecule has 1 aliphatic heterocycles. The molecule has 59 valence electrons. The van der Waals surface area contributed by atoms with Crippen LogP contribution in [0.2, 0.25) is 0 Å². The summed E-state index contributed by atoms with van der Waals surface area (Å²) < 4.78 is 1.08. The maximum Gasteiger partial charge on any atom is 0.0590 e. The standard InChI is InChI=1S/C9H6BrN2/c10-9-3-1-7(2-4-9)8-5-11-12-6-8/h1-6H. The lowest BCUT2D eigenvalue weighted by Gasteiger charge is -1.96. The first kappa shape index (κ1) is 7.55. The molecule has 1 aliphatic rings. The molecular weight excluding hydrogens is 216 g/mol. The summed E-state index contributed by atoms with van der Waals surface area (Å²) in [5.41, 5.74) is 5.96. The highest BCUT2D eigenvalue weighted by molar-refractivity contribution is 9.10. The fraction of sp³-hybridized carbons (Fsp3) is 0. The normalized spacial score (nSPS) is 14.2. The monoisotopic (exact) mass is 221 g/mol. The maximum atomic E-state index is 3.76. The third-order valence-corrected chi connectivity index (χ3v) is 2.17. The zero-order valence-electron chi connectivity index (χ0n) is 6.24. The summed E-state index contributed by atoms with van der Waals surface area (Å²) >= 11 is 3.38. The molecule has 0 amide bonds. The third-order valence-electron chi connectivity index (χ3n) is 1.64. The first-order valence-corrected chi connectivity index (χ1v) is 4.35. The van der Waals surface area contributed by atoms with Gasteiger partial charge in [-0.25, -0.2) is 0 Å². The van der Waals surface area contributed by atoms with Crippen LogP contribution in [0.3, 0.4) is 0 Å². The molecule has 0 saturated heterocycles. The highest BCUT2D eigenvalue weighted by Gasteiger charge is 2.02. The number of nitrogens with zero attached hydrogens (tertiary/aromatic N) is 2. The van der Waals surface area contributed by atoms with Crippen molar-refractivity contribution in [2.24, 2.45) is 5.10 Å². The average Bonchev–Trinajstić information content (AvgIpc) is 2.58. The van der Waals surface area contributed by atoms with Gasteiger partial charge in [0.05, 0.1) is 12.4 Å². The molecule has 0 atom stereocenters. The summed E-state index contributed by atoms with van der Waals surface area (Å²) in [5.74, 6) is 0. The quantitative estimate of drug-likeness (QED) is 0.697. The second kappa shape index (κ2) is 3.11. The van der Waals surface area contributed by atoms with Crippen LogP contribution in [0.5, 0.6) is 0 Å². The van der Waals surface area contributed by atoms with Crippen molar-refractivity contribution in [3.05, 3.63) is 40.5 Å². The summed E-state index contributed by atoms with van der Waals surface area (Å²) in [6.45, 7) is 0. The minimum atomic E-state index is 1.06. The molecule has 1 radical (unpaired) electrons. The van der Waals surface area contributed by atoms with Gasteiger partial charge in [-0.05, 0) is 17.7 Å². The molecule has 2 rings (SSSR count). The SMILES string of the molecule is Brc1ccc(C2=C[N]N=C2)cc1. The number of hydrogen-bond acceptors (Lipinski definition) is 1. The zero-order valence-corrected chi connectivity index (χ0v) is 7.82. The van der Waals surface area contributed by atoms with E-state index < -0.39 is 0 Å². The lowest BCUT2D eigenvalue weighted by atomic mass is 10.1. The molecule has 0 N–H and O–H groups in total. The zero-order chi connectivity index (χ0) is 8.39. The summed E-state index contributed by atoms with van der Waals surface area (Å²) in [5, 5.41) is 3.76. The Hall–Kier alpha value is -1.09. The van der Waals surface area contributed by atoms with Gasteiger partial charge in [0.25, 0.3) is 0 Å². The average molecular weight is 222 g/mol. The van der Waals surface area contributed by atoms with E-state index in [9.17, 15) is 0 Å². The maximum absolute atomic E-state index is 3.76. The number of rotatable bonds is 1. The van der Waals surface area contributed by atoms with Crippen LogP contribution in [0.1, 0.15) is 5.56 Å². The predicted octanol–water partition coefficient (Wildman–Crippen LogP) is 2.39. The van der Waals surface area contributed by atoms with E-state index >= 15 is 0 Å². The van der Waals surface area contributed by atoms with E-state index in [2.05, 4.69) is 26.5 Å². The van der Waals surface area contributed by atoms with E-state index in [1.54, 1.807) is 12.4 Å². The Morgan fingerprint density at radius 1 is 1.08 bits per heavy atom. The smallest absolute Gasteiger partial charge is 0.0590 e. The van der Waals surface area contributed by atoms with Gasteiger partial charge in [-0.15, -0.1) is 0 Å². The first-order chi connectivity index (χ1) is 5.86. The van der Waals surface area contributed by atoms with Crippen LogP contribution < -0.4 is 5.43 Å². The van der Waals surface area contributed by atoms with Gasteiger partial charge >= 0.3 is 0 Å². The molecule has 0 unspecified atom stereocenters. The predicted molar refractivity (Wildman–Crippen MR) is 52.7 cm³/mol. The lowest BCUT2D eigenvalue weighted by molar-refractivity contribution is 0.977. The minimum Gasteiger partial charge on any atom is -0.158 e. The number of allylic oxidation sites excluding steroid dienone is 1. The van der Waals surface area contributed by atoms with E-state index in [1.165, 1.54) is 0 Å². The Morgan fingerprint density at radius 2 is 1.83 bits per heavy atom. The van der Waals surface area contributed by atoms with Crippen LogP contribution in [0.4, 0.5) is 0 Å². The van der Waals surface area contributed by atoms with Crippen molar-refractivity contribution in [2.45, 2.75) is 0 Å². The Balaban J connectivity index is 2.35. The molecule has 2 nitrogen and oxygen atoms in total. The minimum absolute atomic E-state index is 1.06. The summed E-state index contributed by atoms with van der Waals surface area (Å²) in [6, 6.07) is 8.07. The van der Waals surface area contributed by atoms with Crippen LogP contribution in [0.25, 0.3) is 5.57 Å². The van der Waals surface area contributed by atoms with Gasteiger partial charge in [0.1, 0.15) is 0 Å². The van der Waals surface area contributed by atoms with Gasteiger partial charge in [0.2, 0.25) is 0 Å². The molecule has 0 spiro atoms. The van der Waals surface area contributed by atoms with Gasteiger partial charge in [0, 0.05) is 10.0 Å². The number of hydrogen-bond donors (Lipinski definition) is 0. The molecule has 0 saturated carbocycles. The lowest BCUT2D eigenvalue weighted by Crippen LogP contribution is -1.81. The first-order valence-electron chi connectivity index (χ1n) is 3.55. The summed E-state index contributed by atoms with van der Waals surface area (Å²) in [6.07, 6.45) is 3.51. The second-order valence-electron chi connectivity index (χ2n) is 2.45. The van der Waals surface area contributed by atoms with Crippen molar-refractivity contribution in [3.8, 4) is 0 Å². The Morgan fingerprint density at radius 3 is 2.42 bits per heavy atom. The molecule has 0 aromatic heterocycles. The number of halogens is 1. The van der Waals surface area contributed by atoms with Crippen LogP contribution in [-0.2, 0) is 0 Å². The van der Waals surface area contributed by atoms with Crippen LogP contribution in [-0.4, -0.2) is 6.21 Å². The van der Waals surface area contributed by atoms with Crippen molar-refractivity contribution in [1.82, 2.24) is 5.43 Å². The third kappa shape index (κ3) is 1.41. The van der Waals surface area contributed by atoms with Gasteiger partial charge < -0.3 is 0 Å². The van der Waals surface area contributed by atoms with Crippen LogP contribution in [0, 0.1) is 0 Å². The van der Waals surface area contributed by atoms with Gasteiger partial charge in [-0.1, -0.05) is 28.1 Å². The fourth-order valence-corrected chi connectivity index (χ4v) is 1.28. The molecule has 1 aromatic carbocycles. The molecule has 0 aliphatic carbocycles. The van der Waals surface area contributed by atoms with E-state index in [0.717, 1.165) is 15.6 Å². The molecule has 0 bridgehead atoms. The van der Waals surface area contributed by atoms with Gasteiger partial charge in [-0.2, -0.15) is 10.5 Å². The van der Waals surface area contributed by atoms with Crippen molar-refractivity contribution in [2.75, 3.05) is 0 Å². The molecular formula is C9H6BrN2. The Kier molecular flexibility index (Phi) is 1.96. The van der Waals surface area contributed by atoms with E-state index in [1.807, 2.05) is 24.3 Å². The molecule has 0 fully saturated rings. The molecule has 1 heterocycles. The van der Waals surface area contributed by atoms with E-state index in [4.69, 9.17) is 0 Å². The van der Waals surface area contributed by atoms with E-state index in [0.29, 0.717) is 0 Å². The highest BCUT2D eigenvalue weighted by Crippen LogP contribution is 2.17. The summed E-state index contributed by atoms with van der Waals surface area (Å²) in [4.78, 5) is 0. The largest absolute Gasteiger partial charge is 0.158 e. The topological polar surface area (TPSA) is 26.5 Å². The van der Waals surface area contributed by atoms with Gasteiger partial charge in [-0.3, -0.25) is 0 Å². The van der Waals surface area contributed by atoms with Crippen LogP contribution >= 0.6 is 15.9 Å². The van der Waals surface area contributed by atoms with Crippen molar-refractivity contribution < 1.29 is 0 Å². The fourth-order valence-electron chi connectivity index (χ4n) is 1.02. The second-order valence-corrected chi connectivity index (χ2v) is 3.37. The van der Waals surface area contributed by atoms with Crippen LogP contribution in [0.15, 0.2) is 40.0 Å². The van der Waals surface area contributed by atoms with Crippen molar-refractivity contribution >= 4 is 27.7 Å². The Labute approximate surface area is 79.1 Å².